The second-order valence-electron chi connectivity index (χ2n) is 5.62. The molecule has 0 aromatic carbocycles. The van der Waals surface area contributed by atoms with Crippen LogP contribution in [0.3, 0.4) is 0 Å². The van der Waals surface area contributed by atoms with Gasteiger partial charge >= 0.3 is 6.18 Å². The number of hydrogen-bond acceptors (Lipinski definition) is 2. The van der Waals surface area contributed by atoms with Crippen molar-refractivity contribution in [2.75, 3.05) is 13.2 Å². The van der Waals surface area contributed by atoms with Crippen LogP contribution in [0.15, 0.2) is 0 Å². The van der Waals surface area contributed by atoms with E-state index in [4.69, 9.17) is 4.74 Å². The summed E-state index contributed by atoms with van der Waals surface area (Å²) in [5.41, 5.74) is 0. The maximum atomic E-state index is 12.1. The van der Waals surface area contributed by atoms with Crippen LogP contribution in [0.25, 0.3) is 0 Å². The maximum Gasteiger partial charge on any atom is 0.411 e. The molecular formula is C13H22F3NO. The fourth-order valence-corrected chi connectivity index (χ4v) is 2.72. The summed E-state index contributed by atoms with van der Waals surface area (Å²) < 4.78 is 41.2. The van der Waals surface area contributed by atoms with Crippen LogP contribution >= 0.6 is 0 Å². The lowest BCUT2D eigenvalue weighted by molar-refractivity contribution is -0.188. The van der Waals surface area contributed by atoms with Gasteiger partial charge in [0.2, 0.25) is 0 Å². The highest BCUT2D eigenvalue weighted by Gasteiger charge is 2.31. The van der Waals surface area contributed by atoms with Crippen LogP contribution in [-0.4, -0.2) is 31.5 Å². The molecule has 2 nitrogen and oxygen atoms in total. The molecule has 2 fully saturated rings. The van der Waals surface area contributed by atoms with Gasteiger partial charge in [0.25, 0.3) is 0 Å². The molecule has 0 aromatic rings. The topological polar surface area (TPSA) is 21.3 Å². The Labute approximate surface area is 106 Å². The van der Waals surface area contributed by atoms with E-state index in [2.05, 4.69) is 5.32 Å². The lowest BCUT2D eigenvalue weighted by atomic mass is 9.84. The lowest BCUT2D eigenvalue weighted by Crippen LogP contribution is -2.41. The van der Waals surface area contributed by atoms with Gasteiger partial charge in [0, 0.05) is 6.04 Å². The average Bonchev–Trinajstić information content (AvgIpc) is 2.24. The van der Waals surface area contributed by atoms with Crippen molar-refractivity contribution < 1.29 is 17.9 Å². The van der Waals surface area contributed by atoms with Gasteiger partial charge in [-0.1, -0.05) is 6.42 Å². The fraction of sp³-hybridized carbons (Fsp3) is 1.00. The number of hydrogen-bond donors (Lipinski definition) is 1. The van der Waals surface area contributed by atoms with Crippen LogP contribution in [-0.2, 0) is 4.74 Å². The highest BCUT2D eigenvalue weighted by molar-refractivity contribution is 4.81. The summed E-state index contributed by atoms with van der Waals surface area (Å²) in [6, 6.07) is 0.345. The van der Waals surface area contributed by atoms with Crippen molar-refractivity contribution in [3.8, 4) is 0 Å². The van der Waals surface area contributed by atoms with E-state index in [-0.39, 0.29) is 6.10 Å². The van der Waals surface area contributed by atoms with Gasteiger partial charge in [-0.25, -0.2) is 0 Å². The molecule has 2 atom stereocenters. The highest BCUT2D eigenvalue weighted by Crippen LogP contribution is 2.27. The molecule has 2 unspecified atom stereocenters. The van der Waals surface area contributed by atoms with Crippen molar-refractivity contribution in [1.82, 2.24) is 5.32 Å². The lowest BCUT2D eigenvalue weighted by Gasteiger charge is -2.33. The first kappa shape index (κ1) is 14.1. The summed E-state index contributed by atoms with van der Waals surface area (Å²) in [5, 5.41) is 3.49. The molecule has 2 aliphatic carbocycles. The fourth-order valence-electron chi connectivity index (χ4n) is 2.72. The number of rotatable bonds is 5. The minimum absolute atomic E-state index is 0.223. The van der Waals surface area contributed by atoms with Gasteiger partial charge in [-0.2, -0.15) is 13.2 Å². The third kappa shape index (κ3) is 4.76. The molecule has 0 saturated heterocycles. The van der Waals surface area contributed by atoms with Crippen molar-refractivity contribution in [2.45, 2.75) is 63.3 Å². The number of nitrogens with one attached hydrogen (secondary N) is 1. The number of alkyl halides is 3. The van der Waals surface area contributed by atoms with E-state index in [0.717, 1.165) is 38.1 Å². The summed E-state index contributed by atoms with van der Waals surface area (Å²) in [6.07, 6.45) is 3.02. The Kier molecular flexibility index (Phi) is 4.90. The second kappa shape index (κ2) is 6.24. The van der Waals surface area contributed by atoms with Crippen LogP contribution in [0.1, 0.15) is 44.9 Å². The Morgan fingerprint density at radius 2 is 1.78 bits per heavy atom. The highest BCUT2D eigenvalue weighted by atomic mass is 19.4. The number of ether oxygens (including phenoxy) is 1. The summed E-state index contributed by atoms with van der Waals surface area (Å²) in [5.74, 6) is 0.793. The maximum absolute atomic E-state index is 12.1. The van der Waals surface area contributed by atoms with Crippen LogP contribution in [0, 0.1) is 5.92 Å². The van der Waals surface area contributed by atoms with Crippen molar-refractivity contribution in [1.29, 1.82) is 0 Å². The quantitative estimate of drug-likeness (QED) is 0.823. The molecule has 0 aliphatic heterocycles. The predicted octanol–water partition coefficient (Wildman–Crippen LogP) is 3.27. The summed E-state index contributed by atoms with van der Waals surface area (Å²) in [7, 11) is 0. The molecule has 5 heteroatoms. The minimum atomic E-state index is -4.20. The average molecular weight is 265 g/mol. The van der Waals surface area contributed by atoms with Gasteiger partial charge in [-0.05, 0) is 51.0 Å². The molecule has 2 rings (SSSR count). The molecule has 0 spiro atoms. The van der Waals surface area contributed by atoms with Gasteiger partial charge in [-0.3, -0.25) is 0 Å². The molecular weight excluding hydrogens is 243 g/mol. The zero-order valence-electron chi connectivity index (χ0n) is 10.6. The van der Waals surface area contributed by atoms with Crippen molar-refractivity contribution in [3.05, 3.63) is 0 Å². The van der Waals surface area contributed by atoms with Gasteiger partial charge in [0.05, 0.1) is 6.10 Å². The normalized spacial score (nSPS) is 30.2. The molecule has 2 aliphatic rings. The second-order valence-corrected chi connectivity index (χ2v) is 5.62. The molecule has 1 N–H and O–H groups in total. The van der Waals surface area contributed by atoms with E-state index in [1.807, 2.05) is 0 Å². The molecule has 2 saturated carbocycles. The minimum Gasteiger partial charge on any atom is -0.369 e. The SMILES string of the molecule is FC(F)(F)COC1CCCC(NCC2CCC2)C1. The zero-order valence-corrected chi connectivity index (χ0v) is 10.6. The standard InChI is InChI=1S/C13H22F3NO/c14-13(15,16)9-18-12-6-2-5-11(7-12)17-8-10-3-1-4-10/h10-12,17H,1-9H2. The summed E-state index contributed by atoms with van der Waals surface area (Å²) in [4.78, 5) is 0. The van der Waals surface area contributed by atoms with Crippen LogP contribution in [0.5, 0.6) is 0 Å². The first-order chi connectivity index (χ1) is 8.53. The Morgan fingerprint density at radius 1 is 1.06 bits per heavy atom. The Hall–Kier alpha value is -0.290. The van der Waals surface area contributed by atoms with Gasteiger partial charge in [0.1, 0.15) is 6.61 Å². The van der Waals surface area contributed by atoms with Crippen LogP contribution in [0.4, 0.5) is 13.2 Å². The predicted molar refractivity (Wildman–Crippen MR) is 63.4 cm³/mol. The van der Waals surface area contributed by atoms with Crippen LogP contribution < -0.4 is 5.32 Å². The zero-order chi connectivity index (χ0) is 13.0. The van der Waals surface area contributed by atoms with Crippen molar-refractivity contribution in [3.63, 3.8) is 0 Å². The molecule has 0 radical (unpaired) electrons. The first-order valence-corrected chi connectivity index (χ1v) is 6.94. The molecule has 0 aromatic heterocycles. The van der Waals surface area contributed by atoms with Gasteiger partial charge in [0.15, 0.2) is 0 Å². The molecule has 0 amide bonds. The van der Waals surface area contributed by atoms with E-state index >= 15 is 0 Å². The summed E-state index contributed by atoms with van der Waals surface area (Å²) in [6.45, 7) is -0.0797. The van der Waals surface area contributed by atoms with Gasteiger partial charge in [-0.15, -0.1) is 0 Å². The van der Waals surface area contributed by atoms with E-state index in [1.54, 1.807) is 0 Å². The summed E-state index contributed by atoms with van der Waals surface area (Å²) >= 11 is 0. The molecule has 0 heterocycles. The Bertz CT molecular complexity index is 253. The Balaban J connectivity index is 1.64. The monoisotopic (exact) mass is 265 g/mol. The largest absolute Gasteiger partial charge is 0.411 e. The molecule has 106 valence electrons. The number of halogens is 3. The van der Waals surface area contributed by atoms with E-state index < -0.39 is 12.8 Å². The van der Waals surface area contributed by atoms with Crippen LogP contribution in [0.2, 0.25) is 0 Å². The molecule has 0 bridgehead atoms. The van der Waals surface area contributed by atoms with Crippen molar-refractivity contribution >= 4 is 0 Å². The third-order valence-corrected chi connectivity index (χ3v) is 4.03. The van der Waals surface area contributed by atoms with E-state index in [9.17, 15) is 13.2 Å². The van der Waals surface area contributed by atoms with Gasteiger partial charge < -0.3 is 10.1 Å². The third-order valence-electron chi connectivity index (χ3n) is 4.03. The van der Waals surface area contributed by atoms with E-state index in [1.165, 1.54) is 19.3 Å². The smallest absolute Gasteiger partial charge is 0.369 e. The Morgan fingerprint density at radius 3 is 2.39 bits per heavy atom. The van der Waals surface area contributed by atoms with Crippen molar-refractivity contribution in [2.24, 2.45) is 5.92 Å². The first-order valence-electron chi connectivity index (χ1n) is 6.94. The molecule has 18 heavy (non-hydrogen) atoms. The van der Waals surface area contributed by atoms with E-state index in [0.29, 0.717) is 6.04 Å².